The van der Waals surface area contributed by atoms with Gasteiger partial charge in [0.1, 0.15) is 11.6 Å². The van der Waals surface area contributed by atoms with E-state index in [0.29, 0.717) is 11.3 Å². The number of allylic oxidation sites excluding steroid dienone is 1. The van der Waals surface area contributed by atoms with Gasteiger partial charge >= 0.3 is 5.97 Å². The maximum absolute atomic E-state index is 12.9. The van der Waals surface area contributed by atoms with E-state index in [1.807, 2.05) is 18.2 Å². The molecule has 0 aromatic heterocycles. The molecule has 4 heteroatoms. The normalized spacial score (nSPS) is 10.7. The van der Waals surface area contributed by atoms with Crippen LogP contribution in [0.1, 0.15) is 26.3 Å². The van der Waals surface area contributed by atoms with Crippen molar-refractivity contribution in [1.29, 1.82) is 0 Å². The molecule has 0 saturated heterocycles. The maximum Gasteiger partial charge on any atom is 0.343 e. The monoisotopic (exact) mass is 346 g/mol. The summed E-state index contributed by atoms with van der Waals surface area (Å²) in [5.74, 6) is -0.696. The molecule has 0 amide bonds. The third-order valence-corrected chi connectivity index (χ3v) is 3.66. The standard InChI is InChI=1S/C22H15FO3/c23-19-11-9-18(10-12-19)22(25)26-20-13-6-16(7-14-20)8-15-21(24)17-4-2-1-3-5-17/h1-15H. The molecule has 3 rings (SSSR count). The van der Waals surface area contributed by atoms with Crippen molar-refractivity contribution >= 4 is 17.8 Å². The van der Waals surface area contributed by atoms with Gasteiger partial charge in [0.2, 0.25) is 0 Å². The molecule has 3 nitrogen and oxygen atoms in total. The smallest absolute Gasteiger partial charge is 0.343 e. The molecule has 0 bridgehead atoms. The number of hydrogen-bond donors (Lipinski definition) is 0. The minimum atomic E-state index is -0.562. The van der Waals surface area contributed by atoms with Crippen molar-refractivity contribution in [3.8, 4) is 5.75 Å². The maximum atomic E-state index is 12.9. The molecule has 0 spiro atoms. The van der Waals surface area contributed by atoms with Crippen LogP contribution in [0.25, 0.3) is 6.08 Å². The first kappa shape index (κ1) is 17.3. The van der Waals surface area contributed by atoms with Crippen LogP contribution in [-0.2, 0) is 0 Å². The second-order valence-corrected chi connectivity index (χ2v) is 5.53. The summed E-state index contributed by atoms with van der Waals surface area (Å²) in [5.41, 5.74) is 1.69. The van der Waals surface area contributed by atoms with E-state index < -0.39 is 11.8 Å². The largest absolute Gasteiger partial charge is 0.423 e. The van der Waals surface area contributed by atoms with E-state index >= 15 is 0 Å². The lowest BCUT2D eigenvalue weighted by molar-refractivity contribution is 0.0734. The molecule has 0 N–H and O–H groups in total. The highest BCUT2D eigenvalue weighted by atomic mass is 19.1. The van der Waals surface area contributed by atoms with Gasteiger partial charge in [-0.1, -0.05) is 48.5 Å². The first-order chi connectivity index (χ1) is 12.6. The minimum Gasteiger partial charge on any atom is -0.423 e. The summed E-state index contributed by atoms with van der Waals surface area (Å²) >= 11 is 0. The highest BCUT2D eigenvalue weighted by molar-refractivity contribution is 6.06. The molecule has 0 aliphatic rings. The molecular weight excluding hydrogens is 331 g/mol. The highest BCUT2D eigenvalue weighted by Crippen LogP contribution is 2.16. The van der Waals surface area contributed by atoms with Gasteiger partial charge in [-0.25, -0.2) is 9.18 Å². The fourth-order valence-corrected chi connectivity index (χ4v) is 2.27. The predicted molar refractivity (Wildman–Crippen MR) is 97.6 cm³/mol. The van der Waals surface area contributed by atoms with Crippen molar-refractivity contribution in [2.75, 3.05) is 0 Å². The van der Waals surface area contributed by atoms with Gasteiger partial charge in [0.05, 0.1) is 5.56 Å². The van der Waals surface area contributed by atoms with Crippen molar-refractivity contribution in [1.82, 2.24) is 0 Å². The van der Waals surface area contributed by atoms with Crippen LogP contribution in [0.4, 0.5) is 4.39 Å². The Labute approximate surface area is 150 Å². The Kier molecular flexibility index (Phi) is 5.34. The average molecular weight is 346 g/mol. The number of hydrogen-bond acceptors (Lipinski definition) is 3. The zero-order chi connectivity index (χ0) is 18.4. The van der Waals surface area contributed by atoms with Crippen molar-refractivity contribution in [3.63, 3.8) is 0 Å². The second kappa shape index (κ2) is 8.03. The number of ketones is 1. The molecule has 3 aromatic rings. The lowest BCUT2D eigenvalue weighted by Crippen LogP contribution is -2.08. The number of esters is 1. The van der Waals surface area contributed by atoms with Crippen LogP contribution in [0.15, 0.2) is 84.9 Å². The minimum absolute atomic E-state index is 0.0857. The third-order valence-electron chi connectivity index (χ3n) is 3.66. The van der Waals surface area contributed by atoms with E-state index in [9.17, 15) is 14.0 Å². The zero-order valence-electron chi connectivity index (χ0n) is 13.8. The molecule has 0 atom stereocenters. The summed E-state index contributed by atoms with van der Waals surface area (Å²) in [6.07, 6.45) is 3.19. The first-order valence-corrected chi connectivity index (χ1v) is 7.97. The van der Waals surface area contributed by atoms with Crippen LogP contribution in [0, 0.1) is 5.82 Å². The van der Waals surface area contributed by atoms with Crippen LogP contribution in [0.2, 0.25) is 0 Å². The summed E-state index contributed by atoms with van der Waals surface area (Å²) in [7, 11) is 0. The van der Waals surface area contributed by atoms with Crippen molar-refractivity contribution < 1.29 is 18.7 Å². The fourth-order valence-electron chi connectivity index (χ4n) is 2.27. The van der Waals surface area contributed by atoms with Gasteiger partial charge < -0.3 is 4.74 Å². The van der Waals surface area contributed by atoms with Crippen molar-refractivity contribution in [2.45, 2.75) is 0 Å². The molecule has 128 valence electrons. The SMILES string of the molecule is O=C(C=Cc1ccc(OC(=O)c2ccc(F)cc2)cc1)c1ccccc1. The number of halogens is 1. The summed E-state index contributed by atoms with van der Waals surface area (Å²) in [5, 5.41) is 0. The number of carbonyl (C=O) groups excluding carboxylic acids is 2. The van der Waals surface area contributed by atoms with Crippen LogP contribution < -0.4 is 4.74 Å². The summed E-state index contributed by atoms with van der Waals surface area (Å²) < 4.78 is 18.1. The molecule has 0 radical (unpaired) electrons. The molecule has 0 unspecified atom stereocenters. The van der Waals surface area contributed by atoms with Gasteiger partial charge in [-0.3, -0.25) is 4.79 Å². The Hall–Kier alpha value is -3.53. The third kappa shape index (κ3) is 4.51. The van der Waals surface area contributed by atoms with E-state index in [1.165, 1.54) is 30.3 Å². The Morgan fingerprint density at radius 1 is 0.769 bits per heavy atom. The van der Waals surface area contributed by atoms with E-state index in [2.05, 4.69) is 0 Å². The van der Waals surface area contributed by atoms with Crippen molar-refractivity contribution in [2.24, 2.45) is 0 Å². The lowest BCUT2D eigenvalue weighted by Gasteiger charge is -2.04. The molecular formula is C22H15FO3. The van der Waals surface area contributed by atoms with Gasteiger partial charge in [-0.15, -0.1) is 0 Å². The Balaban J connectivity index is 1.63. The zero-order valence-corrected chi connectivity index (χ0v) is 13.8. The van der Waals surface area contributed by atoms with Crippen LogP contribution >= 0.6 is 0 Å². The van der Waals surface area contributed by atoms with Crippen LogP contribution in [-0.4, -0.2) is 11.8 Å². The second-order valence-electron chi connectivity index (χ2n) is 5.53. The highest BCUT2D eigenvalue weighted by Gasteiger charge is 2.08. The van der Waals surface area contributed by atoms with Gasteiger partial charge in [0.15, 0.2) is 5.78 Å². The van der Waals surface area contributed by atoms with Crippen LogP contribution in [0.5, 0.6) is 5.75 Å². The molecule has 0 heterocycles. The number of benzene rings is 3. The summed E-state index contributed by atoms with van der Waals surface area (Å²) in [6.45, 7) is 0. The van der Waals surface area contributed by atoms with Gasteiger partial charge in [-0.05, 0) is 48.0 Å². The number of rotatable bonds is 5. The topological polar surface area (TPSA) is 43.4 Å². The summed E-state index contributed by atoms with van der Waals surface area (Å²) in [4.78, 5) is 24.0. The Morgan fingerprint density at radius 3 is 2.08 bits per heavy atom. The molecule has 0 saturated carbocycles. The van der Waals surface area contributed by atoms with Gasteiger partial charge in [0, 0.05) is 5.56 Å². The van der Waals surface area contributed by atoms with Gasteiger partial charge in [0.25, 0.3) is 0 Å². The average Bonchev–Trinajstić information content (AvgIpc) is 2.68. The molecule has 26 heavy (non-hydrogen) atoms. The predicted octanol–water partition coefficient (Wildman–Crippen LogP) is 4.94. The Morgan fingerprint density at radius 2 is 1.42 bits per heavy atom. The quantitative estimate of drug-likeness (QED) is 0.284. The van der Waals surface area contributed by atoms with E-state index in [1.54, 1.807) is 42.5 Å². The van der Waals surface area contributed by atoms with Crippen molar-refractivity contribution in [3.05, 3.63) is 107 Å². The van der Waals surface area contributed by atoms with E-state index in [4.69, 9.17) is 4.74 Å². The van der Waals surface area contributed by atoms with E-state index in [-0.39, 0.29) is 11.3 Å². The number of ether oxygens (including phenoxy) is 1. The molecule has 0 fully saturated rings. The van der Waals surface area contributed by atoms with Gasteiger partial charge in [-0.2, -0.15) is 0 Å². The number of carbonyl (C=O) groups is 2. The fraction of sp³-hybridized carbons (Fsp3) is 0. The lowest BCUT2D eigenvalue weighted by atomic mass is 10.1. The molecule has 0 aliphatic carbocycles. The Bertz CT molecular complexity index is 927. The van der Waals surface area contributed by atoms with E-state index in [0.717, 1.165) is 5.56 Å². The molecule has 0 aliphatic heterocycles. The summed E-state index contributed by atoms with van der Waals surface area (Å²) in [6, 6.07) is 20.9. The van der Waals surface area contributed by atoms with Crippen LogP contribution in [0.3, 0.4) is 0 Å². The first-order valence-electron chi connectivity index (χ1n) is 7.97. The molecule has 3 aromatic carbocycles.